The van der Waals surface area contributed by atoms with Crippen LogP contribution < -0.4 is 4.74 Å². The molecule has 0 aliphatic carbocycles. The molecule has 10 heavy (non-hydrogen) atoms. The van der Waals surface area contributed by atoms with Crippen LogP contribution in [-0.4, -0.2) is 17.1 Å². The lowest BCUT2D eigenvalue weighted by molar-refractivity contribution is 0.397. The summed E-state index contributed by atoms with van der Waals surface area (Å²) in [7, 11) is 1.52. The number of ether oxygens (including phenoxy) is 1. The molecular formula is C6H8N3O-. The van der Waals surface area contributed by atoms with Crippen molar-refractivity contribution in [2.24, 2.45) is 0 Å². The van der Waals surface area contributed by atoms with Gasteiger partial charge in [0, 0.05) is 5.95 Å². The molecule has 4 nitrogen and oxygen atoms in total. The van der Waals surface area contributed by atoms with Crippen molar-refractivity contribution < 1.29 is 4.74 Å². The summed E-state index contributed by atoms with van der Waals surface area (Å²) in [6, 6.07) is 1.68. The molecule has 0 amide bonds. The van der Waals surface area contributed by atoms with Crippen LogP contribution in [0.5, 0.6) is 5.88 Å². The van der Waals surface area contributed by atoms with E-state index in [0.29, 0.717) is 5.88 Å². The molecule has 0 bridgehead atoms. The maximum atomic E-state index is 7.08. The molecule has 54 valence electrons. The highest BCUT2D eigenvalue weighted by molar-refractivity contribution is 5.28. The van der Waals surface area contributed by atoms with E-state index in [1.165, 1.54) is 7.11 Å². The Labute approximate surface area is 59.1 Å². The third-order valence-corrected chi connectivity index (χ3v) is 1.04. The first-order valence-electron chi connectivity index (χ1n) is 2.83. The van der Waals surface area contributed by atoms with E-state index in [4.69, 9.17) is 10.5 Å². The zero-order chi connectivity index (χ0) is 7.56. The van der Waals surface area contributed by atoms with E-state index in [1.54, 1.807) is 13.0 Å². The molecule has 0 aromatic carbocycles. The highest BCUT2D eigenvalue weighted by atomic mass is 16.5. The molecular weight excluding hydrogens is 130 g/mol. The smallest absolute Gasteiger partial charge is 0.143 e. The Balaban J connectivity index is 3.06. The number of methoxy groups -OCH3 is 1. The van der Waals surface area contributed by atoms with Gasteiger partial charge >= 0.3 is 0 Å². The van der Waals surface area contributed by atoms with Crippen molar-refractivity contribution >= 4 is 5.95 Å². The van der Waals surface area contributed by atoms with Gasteiger partial charge in [-0.1, -0.05) is 0 Å². The maximum absolute atomic E-state index is 7.08. The lowest BCUT2D eigenvalue weighted by Gasteiger charge is -2.08. The van der Waals surface area contributed by atoms with Gasteiger partial charge in [-0.3, -0.25) is 0 Å². The first-order chi connectivity index (χ1) is 4.72. The standard InChI is InChI=1S/C6H8N3O/c1-4-3-5(10-2)9-6(7)8-4/h3H,1-2H3,(H-,7,8,9)/q-1. The van der Waals surface area contributed by atoms with Gasteiger partial charge in [-0.05, 0) is 18.7 Å². The molecule has 0 unspecified atom stereocenters. The average Bonchev–Trinajstić information content (AvgIpc) is 1.85. The molecule has 1 rings (SSSR count). The van der Waals surface area contributed by atoms with E-state index >= 15 is 0 Å². The number of nitrogens with one attached hydrogen (secondary N) is 1. The third kappa shape index (κ3) is 1.34. The fraction of sp³-hybridized carbons (Fsp3) is 0.333. The minimum Gasteiger partial charge on any atom is -0.493 e. The van der Waals surface area contributed by atoms with Gasteiger partial charge in [-0.2, -0.15) is 0 Å². The van der Waals surface area contributed by atoms with Crippen LogP contribution in [0.4, 0.5) is 5.95 Å². The molecule has 1 aromatic heterocycles. The Kier molecular flexibility index (Phi) is 1.71. The largest absolute Gasteiger partial charge is 0.493 e. The Morgan fingerprint density at radius 2 is 2.20 bits per heavy atom. The van der Waals surface area contributed by atoms with Crippen LogP contribution in [0.15, 0.2) is 6.07 Å². The second-order valence-corrected chi connectivity index (χ2v) is 1.88. The second-order valence-electron chi connectivity index (χ2n) is 1.88. The second kappa shape index (κ2) is 2.51. The summed E-state index contributed by atoms with van der Waals surface area (Å²) in [5, 5.41) is 0. The predicted octanol–water partition coefficient (Wildman–Crippen LogP) is 1.48. The van der Waals surface area contributed by atoms with Crippen LogP contribution in [0, 0.1) is 6.92 Å². The van der Waals surface area contributed by atoms with Gasteiger partial charge in [-0.15, -0.1) is 0 Å². The monoisotopic (exact) mass is 138 g/mol. The molecule has 0 saturated heterocycles. The summed E-state index contributed by atoms with van der Waals surface area (Å²) in [6.07, 6.45) is 0. The normalized spacial score (nSPS) is 9.40. The van der Waals surface area contributed by atoms with E-state index in [0.717, 1.165) is 5.69 Å². The minimum atomic E-state index is -0.00292. The average molecular weight is 138 g/mol. The minimum absolute atomic E-state index is 0.00292. The van der Waals surface area contributed by atoms with Crippen LogP contribution in [0.25, 0.3) is 5.73 Å². The molecule has 0 aliphatic rings. The first kappa shape index (κ1) is 6.80. The Morgan fingerprint density at radius 3 is 2.70 bits per heavy atom. The molecule has 0 atom stereocenters. The molecule has 0 fully saturated rings. The summed E-state index contributed by atoms with van der Waals surface area (Å²) in [5.74, 6) is 0.439. The number of nitrogens with zero attached hydrogens (tertiary/aromatic N) is 2. The third-order valence-electron chi connectivity index (χ3n) is 1.04. The molecule has 1 aromatic rings. The van der Waals surface area contributed by atoms with Crippen molar-refractivity contribution in [1.29, 1.82) is 0 Å². The van der Waals surface area contributed by atoms with Crippen molar-refractivity contribution in [2.75, 3.05) is 7.11 Å². The lowest BCUT2D eigenvalue weighted by atomic mass is 10.4. The van der Waals surface area contributed by atoms with Crippen molar-refractivity contribution in [3.8, 4) is 5.88 Å². The quantitative estimate of drug-likeness (QED) is 0.590. The maximum Gasteiger partial charge on any atom is 0.143 e. The number of hydrogen-bond donors (Lipinski definition) is 0. The van der Waals surface area contributed by atoms with Gasteiger partial charge in [0.15, 0.2) is 0 Å². The van der Waals surface area contributed by atoms with Gasteiger partial charge < -0.3 is 20.4 Å². The van der Waals surface area contributed by atoms with Crippen LogP contribution in [0.3, 0.4) is 0 Å². The van der Waals surface area contributed by atoms with Gasteiger partial charge in [-0.25, -0.2) is 0 Å². The van der Waals surface area contributed by atoms with Crippen molar-refractivity contribution in [1.82, 2.24) is 9.97 Å². The van der Waals surface area contributed by atoms with Gasteiger partial charge in [0.1, 0.15) is 5.88 Å². The highest BCUT2D eigenvalue weighted by Gasteiger charge is 1.86. The summed E-state index contributed by atoms with van der Waals surface area (Å²) in [5.41, 5.74) is 7.82. The summed E-state index contributed by atoms with van der Waals surface area (Å²) < 4.78 is 4.80. The molecule has 0 spiro atoms. The molecule has 0 saturated carbocycles. The number of hydrogen-bond acceptors (Lipinski definition) is 3. The Bertz CT molecular complexity index is 216. The van der Waals surface area contributed by atoms with Crippen LogP contribution in [0.1, 0.15) is 5.69 Å². The predicted molar refractivity (Wildman–Crippen MR) is 37.3 cm³/mol. The van der Waals surface area contributed by atoms with E-state index in [2.05, 4.69) is 9.97 Å². The molecule has 0 radical (unpaired) electrons. The summed E-state index contributed by atoms with van der Waals surface area (Å²) in [4.78, 5) is 7.44. The fourth-order valence-corrected chi connectivity index (χ4v) is 0.644. The molecule has 0 aliphatic heterocycles. The van der Waals surface area contributed by atoms with Gasteiger partial charge in [0.05, 0.1) is 7.11 Å². The Hall–Kier alpha value is -1.32. The molecule has 1 heterocycles. The van der Waals surface area contributed by atoms with Gasteiger partial charge in [0.25, 0.3) is 0 Å². The lowest BCUT2D eigenvalue weighted by Crippen LogP contribution is -1.90. The van der Waals surface area contributed by atoms with Crippen molar-refractivity contribution in [3.63, 3.8) is 0 Å². The zero-order valence-corrected chi connectivity index (χ0v) is 5.88. The summed E-state index contributed by atoms with van der Waals surface area (Å²) >= 11 is 0. The Morgan fingerprint density at radius 1 is 1.50 bits per heavy atom. The van der Waals surface area contributed by atoms with Crippen LogP contribution >= 0.6 is 0 Å². The summed E-state index contributed by atoms with van der Waals surface area (Å²) in [6.45, 7) is 1.79. The van der Waals surface area contributed by atoms with Gasteiger partial charge in [0.2, 0.25) is 0 Å². The molecule has 4 heteroatoms. The van der Waals surface area contributed by atoms with Crippen molar-refractivity contribution in [3.05, 3.63) is 17.5 Å². The van der Waals surface area contributed by atoms with E-state index < -0.39 is 0 Å². The zero-order valence-electron chi connectivity index (χ0n) is 5.88. The van der Waals surface area contributed by atoms with E-state index in [-0.39, 0.29) is 5.95 Å². The number of aryl methyl sites for hydroxylation is 1. The molecule has 1 N–H and O–H groups in total. The van der Waals surface area contributed by atoms with E-state index in [1.807, 2.05) is 0 Å². The topological polar surface area (TPSA) is 58.8 Å². The first-order valence-corrected chi connectivity index (χ1v) is 2.83. The number of aromatic nitrogens is 2. The fourth-order valence-electron chi connectivity index (χ4n) is 0.644. The number of rotatable bonds is 1. The van der Waals surface area contributed by atoms with Crippen molar-refractivity contribution in [2.45, 2.75) is 6.92 Å². The van der Waals surface area contributed by atoms with Crippen LogP contribution in [-0.2, 0) is 0 Å². The SMILES string of the molecule is COc1cc(C)nc([NH-])n1. The highest BCUT2D eigenvalue weighted by Crippen LogP contribution is 2.11. The van der Waals surface area contributed by atoms with Crippen LogP contribution in [0.2, 0.25) is 0 Å². The van der Waals surface area contributed by atoms with E-state index in [9.17, 15) is 0 Å².